The van der Waals surface area contributed by atoms with Gasteiger partial charge in [0.15, 0.2) is 0 Å². The molecular formula is C20H28N2O2. The summed E-state index contributed by atoms with van der Waals surface area (Å²) in [7, 11) is 0. The Kier molecular flexibility index (Phi) is 4.93. The molecule has 0 unspecified atom stereocenters. The molecule has 0 spiro atoms. The Hall–Kier alpha value is -1.84. The standard InChI is InChI=1S/C20H28N2O2/c1-20(2)10-13-21(14-11-20)18(23)7-8-19(24)22-12-9-16-5-3-4-6-17(16)15-22/h3-6H,7-15H2,1-2H3. The molecule has 3 rings (SSSR count). The smallest absolute Gasteiger partial charge is 0.223 e. The van der Waals surface area contributed by atoms with E-state index in [2.05, 4.69) is 32.0 Å². The summed E-state index contributed by atoms with van der Waals surface area (Å²) in [6.07, 6.45) is 3.70. The van der Waals surface area contributed by atoms with Gasteiger partial charge < -0.3 is 9.80 Å². The molecule has 0 N–H and O–H groups in total. The number of nitrogens with zero attached hydrogens (tertiary/aromatic N) is 2. The molecule has 1 aromatic carbocycles. The summed E-state index contributed by atoms with van der Waals surface area (Å²) in [5, 5.41) is 0. The van der Waals surface area contributed by atoms with Crippen molar-refractivity contribution in [3.63, 3.8) is 0 Å². The summed E-state index contributed by atoms with van der Waals surface area (Å²) in [6.45, 7) is 7.62. The van der Waals surface area contributed by atoms with Crippen molar-refractivity contribution < 1.29 is 9.59 Å². The SMILES string of the molecule is CC1(C)CCN(C(=O)CCC(=O)N2CCc3ccccc3C2)CC1. The zero-order valence-electron chi connectivity index (χ0n) is 14.9. The lowest BCUT2D eigenvalue weighted by molar-refractivity contribution is -0.138. The zero-order chi connectivity index (χ0) is 17.2. The van der Waals surface area contributed by atoms with Crippen LogP contribution in [0, 0.1) is 5.41 Å². The van der Waals surface area contributed by atoms with Gasteiger partial charge in [-0.25, -0.2) is 0 Å². The van der Waals surface area contributed by atoms with E-state index >= 15 is 0 Å². The number of likely N-dealkylation sites (tertiary alicyclic amines) is 1. The minimum absolute atomic E-state index is 0.107. The molecule has 24 heavy (non-hydrogen) atoms. The van der Waals surface area contributed by atoms with Crippen LogP contribution in [0.1, 0.15) is 50.7 Å². The van der Waals surface area contributed by atoms with Gasteiger partial charge in [-0.1, -0.05) is 38.1 Å². The Morgan fingerprint density at radius 1 is 0.917 bits per heavy atom. The average Bonchev–Trinajstić information content (AvgIpc) is 2.59. The molecule has 0 bridgehead atoms. The molecule has 2 aliphatic heterocycles. The second-order valence-corrected chi connectivity index (χ2v) is 7.88. The first-order valence-corrected chi connectivity index (χ1v) is 9.07. The Balaban J connectivity index is 1.47. The fourth-order valence-corrected chi connectivity index (χ4v) is 3.60. The van der Waals surface area contributed by atoms with E-state index in [1.54, 1.807) is 0 Å². The van der Waals surface area contributed by atoms with Gasteiger partial charge in [-0.05, 0) is 35.8 Å². The molecule has 0 aromatic heterocycles. The van der Waals surface area contributed by atoms with Crippen molar-refractivity contribution in [1.29, 1.82) is 0 Å². The van der Waals surface area contributed by atoms with Crippen LogP contribution in [-0.4, -0.2) is 41.2 Å². The van der Waals surface area contributed by atoms with Crippen LogP contribution in [0.5, 0.6) is 0 Å². The van der Waals surface area contributed by atoms with Gasteiger partial charge in [-0.3, -0.25) is 9.59 Å². The molecule has 2 heterocycles. The van der Waals surface area contributed by atoms with E-state index in [-0.39, 0.29) is 11.8 Å². The van der Waals surface area contributed by atoms with E-state index < -0.39 is 0 Å². The number of piperidine rings is 1. The van der Waals surface area contributed by atoms with Crippen molar-refractivity contribution in [2.75, 3.05) is 19.6 Å². The molecular weight excluding hydrogens is 300 g/mol. The largest absolute Gasteiger partial charge is 0.343 e. The van der Waals surface area contributed by atoms with Gasteiger partial charge in [0.05, 0.1) is 0 Å². The fraction of sp³-hybridized carbons (Fsp3) is 0.600. The maximum atomic E-state index is 12.5. The first kappa shape index (κ1) is 17.0. The van der Waals surface area contributed by atoms with E-state index in [9.17, 15) is 9.59 Å². The van der Waals surface area contributed by atoms with Gasteiger partial charge in [-0.2, -0.15) is 0 Å². The maximum Gasteiger partial charge on any atom is 0.223 e. The van der Waals surface area contributed by atoms with Crippen molar-refractivity contribution in [1.82, 2.24) is 9.80 Å². The lowest BCUT2D eigenvalue weighted by Crippen LogP contribution is -2.42. The first-order chi connectivity index (χ1) is 11.4. The van der Waals surface area contributed by atoms with E-state index in [1.807, 2.05) is 15.9 Å². The van der Waals surface area contributed by atoms with Gasteiger partial charge >= 0.3 is 0 Å². The van der Waals surface area contributed by atoms with E-state index in [4.69, 9.17) is 0 Å². The number of carbonyl (C=O) groups is 2. The third-order valence-corrected chi connectivity index (χ3v) is 5.51. The second-order valence-electron chi connectivity index (χ2n) is 7.88. The number of carbonyl (C=O) groups excluding carboxylic acids is 2. The van der Waals surface area contributed by atoms with Gasteiger partial charge in [0.2, 0.25) is 11.8 Å². The van der Waals surface area contributed by atoms with E-state index in [1.165, 1.54) is 11.1 Å². The van der Waals surface area contributed by atoms with E-state index in [0.29, 0.717) is 24.8 Å². The highest BCUT2D eigenvalue weighted by Gasteiger charge is 2.28. The maximum absolute atomic E-state index is 12.5. The molecule has 4 heteroatoms. The Morgan fingerprint density at radius 3 is 2.17 bits per heavy atom. The molecule has 1 fully saturated rings. The van der Waals surface area contributed by atoms with Crippen LogP contribution in [0.3, 0.4) is 0 Å². The Labute approximate surface area is 144 Å². The number of hydrogen-bond acceptors (Lipinski definition) is 2. The number of hydrogen-bond donors (Lipinski definition) is 0. The third kappa shape index (κ3) is 3.97. The molecule has 0 atom stereocenters. The van der Waals surface area contributed by atoms with Crippen molar-refractivity contribution in [2.45, 2.75) is 52.5 Å². The minimum Gasteiger partial charge on any atom is -0.343 e. The lowest BCUT2D eigenvalue weighted by atomic mass is 9.82. The van der Waals surface area contributed by atoms with Gasteiger partial charge in [-0.15, -0.1) is 0 Å². The quantitative estimate of drug-likeness (QED) is 0.856. The molecule has 0 saturated carbocycles. The lowest BCUT2D eigenvalue weighted by Gasteiger charge is -2.37. The molecule has 4 nitrogen and oxygen atoms in total. The van der Waals surface area contributed by atoms with Crippen molar-refractivity contribution in [3.8, 4) is 0 Å². The highest BCUT2D eigenvalue weighted by Crippen LogP contribution is 2.30. The van der Waals surface area contributed by atoms with Crippen molar-refractivity contribution in [3.05, 3.63) is 35.4 Å². The van der Waals surface area contributed by atoms with Gasteiger partial charge in [0.1, 0.15) is 0 Å². The molecule has 0 aliphatic carbocycles. The minimum atomic E-state index is 0.107. The number of fused-ring (bicyclic) bond motifs is 1. The molecule has 1 aromatic rings. The van der Waals surface area contributed by atoms with Crippen LogP contribution < -0.4 is 0 Å². The van der Waals surface area contributed by atoms with Crippen LogP contribution in [0.4, 0.5) is 0 Å². The molecule has 2 amide bonds. The zero-order valence-corrected chi connectivity index (χ0v) is 14.9. The predicted octanol–water partition coefficient (Wildman–Crippen LogP) is 3.00. The molecule has 2 aliphatic rings. The average molecular weight is 328 g/mol. The molecule has 0 radical (unpaired) electrons. The van der Waals surface area contributed by atoms with Crippen LogP contribution in [0.15, 0.2) is 24.3 Å². The summed E-state index contributed by atoms with van der Waals surface area (Å²) in [4.78, 5) is 28.6. The Bertz CT molecular complexity index is 614. The van der Waals surface area contributed by atoms with Crippen molar-refractivity contribution >= 4 is 11.8 Å². The second kappa shape index (κ2) is 6.96. The van der Waals surface area contributed by atoms with Crippen LogP contribution in [0.2, 0.25) is 0 Å². The van der Waals surface area contributed by atoms with Crippen LogP contribution in [0.25, 0.3) is 0 Å². The normalized spacial score (nSPS) is 19.8. The summed E-state index contributed by atoms with van der Waals surface area (Å²) < 4.78 is 0. The highest BCUT2D eigenvalue weighted by molar-refractivity contribution is 5.84. The van der Waals surface area contributed by atoms with Crippen molar-refractivity contribution in [2.24, 2.45) is 5.41 Å². The Morgan fingerprint density at radius 2 is 1.50 bits per heavy atom. The monoisotopic (exact) mass is 328 g/mol. The van der Waals surface area contributed by atoms with E-state index in [0.717, 1.165) is 38.9 Å². The third-order valence-electron chi connectivity index (χ3n) is 5.51. The predicted molar refractivity (Wildman–Crippen MR) is 94.4 cm³/mol. The fourth-order valence-electron chi connectivity index (χ4n) is 3.60. The van der Waals surface area contributed by atoms with Gasteiger partial charge in [0.25, 0.3) is 0 Å². The number of rotatable bonds is 3. The van der Waals surface area contributed by atoms with Crippen LogP contribution >= 0.6 is 0 Å². The topological polar surface area (TPSA) is 40.6 Å². The number of amides is 2. The van der Waals surface area contributed by atoms with Gasteiger partial charge in [0, 0.05) is 39.0 Å². The first-order valence-electron chi connectivity index (χ1n) is 9.07. The highest BCUT2D eigenvalue weighted by atomic mass is 16.2. The molecule has 1 saturated heterocycles. The summed E-state index contributed by atoms with van der Waals surface area (Å²) in [5.41, 5.74) is 2.92. The molecule has 130 valence electrons. The number of benzene rings is 1. The summed E-state index contributed by atoms with van der Waals surface area (Å²) in [5.74, 6) is 0.242. The summed E-state index contributed by atoms with van der Waals surface area (Å²) >= 11 is 0. The van der Waals surface area contributed by atoms with Crippen LogP contribution in [-0.2, 0) is 22.6 Å². The summed E-state index contributed by atoms with van der Waals surface area (Å²) in [6, 6.07) is 8.30.